The van der Waals surface area contributed by atoms with Gasteiger partial charge in [0.1, 0.15) is 0 Å². The Morgan fingerprint density at radius 2 is 1.74 bits per heavy atom. The van der Waals surface area contributed by atoms with Crippen molar-refractivity contribution in [1.29, 1.82) is 0 Å². The van der Waals surface area contributed by atoms with Crippen LogP contribution in [0.15, 0.2) is 52.4 Å². The first-order valence-electron chi connectivity index (χ1n) is 9.73. The second-order valence-electron chi connectivity index (χ2n) is 6.91. The van der Waals surface area contributed by atoms with E-state index in [4.69, 9.17) is 0 Å². The lowest BCUT2D eigenvalue weighted by atomic mass is 10.1. The van der Waals surface area contributed by atoms with Crippen LogP contribution in [-0.4, -0.2) is 32.7 Å². The highest BCUT2D eigenvalue weighted by molar-refractivity contribution is 7.99. The molecule has 0 radical (unpaired) electrons. The topological polar surface area (TPSA) is 117 Å². The van der Waals surface area contributed by atoms with Gasteiger partial charge in [0, 0.05) is 17.7 Å². The third-order valence-electron chi connectivity index (χ3n) is 4.45. The number of hydrogen-bond acceptors (Lipinski definition) is 6. The highest BCUT2D eigenvalue weighted by atomic mass is 32.2. The second kappa shape index (κ2) is 10.0. The summed E-state index contributed by atoms with van der Waals surface area (Å²) < 4.78 is 0. The maximum Gasteiger partial charge on any atom is 0.278 e. The van der Waals surface area contributed by atoms with Crippen LogP contribution in [-0.2, 0) is 9.59 Å². The van der Waals surface area contributed by atoms with E-state index in [0.717, 1.165) is 28.6 Å². The molecule has 1 heterocycles. The van der Waals surface area contributed by atoms with Gasteiger partial charge in [0.2, 0.25) is 11.8 Å². The van der Waals surface area contributed by atoms with Crippen LogP contribution in [0, 0.1) is 13.8 Å². The van der Waals surface area contributed by atoms with Crippen LogP contribution in [0.5, 0.6) is 0 Å². The Balaban J connectivity index is 1.70. The molecule has 3 aromatic rings. The van der Waals surface area contributed by atoms with Gasteiger partial charge in [0.25, 0.3) is 5.56 Å². The highest BCUT2D eigenvalue weighted by Crippen LogP contribution is 2.24. The maximum atomic E-state index is 12.6. The number of para-hydroxylation sites is 1. The van der Waals surface area contributed by atoms with Gasteiger partial charge in [-0.2, -0.15) is 0 Å². The number of H-pyrrole nitrogens is 1. The van der Waals surface area contributed by atoms with Crippen LogP contribution >= 0.6 is 11.8 Å². The van der Waals surface area contributed by atoms with E-state index in [-0.39, 0.29) is 28.4 Å². The minimum atomic E-state index is -0.453. The Labute approximate surface area is 183 Å². The number of nitrogens with one attached hydrogen (secondary N) is 3. The molecule has 2 aromatic carbocycles. The van der Waals surface area contributed by atoms with Gasteiger partial charge in [-0.1, -0.05) is 54.6 Å². The lowest BCUT2D eigenvalue weighted by Crippen LogP contribution is -2.18. The normalized spacial score (nSPS) is 10.5. The molecule has 8 nitrogen and oxygen atoms in total. The van der Waals surface area contributed by atoms with Crippen molar-refractivity contribution in [2.45, 2.75) is 32.3 Å². The van der Waals surface area contributed by atoms with Crippen molar-refractivity contribution in [3.8, 4) is 11.3 Å². The molecule has 9 heteroatoms. The lowest BCUT2D eigenvalue weighted by molar-refractivity contribution is -0.116. The zero-order valence-electron chi connectivity index (χ0n) is 17.5. The number of carbonyl (C=O) groups excluding carboxylic acids is 2. The summed E-state index contributed by atoms with van der Waals surface area (Å²) in [6.45, 7) is 5.66. The van der Waals surface area contributed by atoms with Gasteiger partial charge in [-0.05, 0) is 31.5 Å². The van der Waals surface area contributed by atoms with Crippen molar-refractivity contribution in [2.75, 3.05) is 16.4 Å². The fourth-order valence-corrected chi connectivity index (χ4v) is 3.48. The van der Waals surface area contributed by atoms with Crippen LogP contribution in [0.3, 0.4) is 0 Å². The van der Waals surface area contributed by atoms with E-state index in [0.29, 0.717) is 17.7 Å². The van der Waals surface area contributed by atoms with Crippen LogP contribution < -0.4 is 16.2 Å². The number of aryl methyl sites for hydroxylation is 2. The molecule has 31 heavy (non-hydrogen) atoms. The number of carbonyl (C=O) groups is 2. The fourth-order valence-electron chi connectivity index (χ4n) is 2.87. The van der Waals surface area contributed by atoms with Crippen molar-refractivity contribution in [3.05, 3.63) is 63.9 Å². The summed E-state index contributed by atoms with van der Waals surface area (Å²) in [7, 11) is 0. The minimum absolute atomic E-state index is 0.0699. The first kappa shape index (κ1) is 22.2. The standard InChI is InChI=1S/C22H23N5O3S/c1-4-18(28)24-17-8-6-5-7-15(17)20-21(30)25-22(27-26-20)31-12-19(29)23-16-10-9-13(2)11-14(16)3/h5-11H,4,12H2,1-3H3,(H,23,29)(H,24,28)(H,25,27,30). The van der Waals surface area contributed by atoms with E-state index in [1.165, 1.54) is 0 Å². The van der Waals surface area contributed by atoms with Crippen molar-refractivity contribution < 1.29 is 9.59 Å². The fraction of sp³-hybridized carbons (Fsp3) is 0.227. The predicted octanol–water partition coefficient (Wildman–Crippen LogP) is 3.53. The Morgan fingerprint density at radius 1 is 1.00 bits per heavy atom. The zero-order chi connectivity index (χ0) is 22.4. The summed E-state index contributed by atoms with van der Waals surface area (Å²) in [6, 6.07) is 12.7. The van der Waals surface area contributed by atoms with Crippen molar-refractivity contribution in [3.63, 3.8) is 0 Å². The summed E-state index contributed by atoms with van der Waals surface area (Å²) >= 11 is 1.08. The Bertz CT molecular complexity index is 1180. The molecule has 0 bridgehead atoms. The number of thioether (sulfide) groups is 1. The molecule has 0 aliphatic rings. The number of hydrogen-bond donors (Lipinski definition) is 3. The predicted molar refractivity (Wildman–Crippen MR) is 122 cm³/mol. The minimum Gasteiger partial charge on any atom is -0.325 e. The van der Waals surface area contributed by atoms with E-state index in [9.17, 15) is 14.4 Å². The molecular formula is C22H23N5O3S. The third-order valence-corrected chi connectivity index (χ3v) is 5.31. The maximum absolute atomic E-state index is 12.6. The SMILES string of the molecule is CCC(=O)Nc1ccccc1-c1nnc(SCC(=O)Nc2ccc(C)cc2C)[nH]c1=O. The molecule has 0 atom stereocenters. The summed E-state index contributed by atoms with van der Waals surface area (Å²) in [5.74, 6) is -0.310. The van der Waals surface area contributed by atoms with Crippen molar-refractivity contribution >= 4 is 35.0 Å². The summed E-state index contributed by atoms with van der Waals surface area (Å²) in [5, 5.41) is 13.9. The van der Waals surface area contributed by atoms with Crippen LogP contribution in [0.1, 0.15) is 24.5 Å². The average molecular weight is 438 g/mol. The summed E-state index contributed by atoms with van der Waals surface area (Å²) in [5.41, 5.74) is 3.45. The van der Waals surface area contributed by atoms with E-state index >= 15 is 0 Å². The first-order chi connectivity index (χ1) is 14.9. The van der Waals surface area contributed by atoms with Crippen LogP contribution in [0.25, 0.3) is 11.3 Å². The van der Waals surface area contributed by atoms with Crippen LogP contribution in [0.4, 0.5) is 11.4 Å². The first-order valence-corrected chi connectivity index (χ1v) is 10.7. The molecule has 1 aromatic heterocycles. The number of amides is 2. The van der Waals surface area contributed by atoms with Gasteiger partial charge < -0.3 is 10.6 Å². The molecule has 3 N–H and O–H groups in total. The molecule has 0 saturated carbocycles. The average Bonchev–Trinajstić information content (AvgIpc) is 2.75. The molecule has 0 spiro atoms. The monoisotopic (exact) mass is 437 g/mol. The van der Waals surface area contributed by atoms with Gasteiger partial charge in [0.15, 0.2) is 10.9 Å². The van der Waals surface area contributed by atoms with Gasteiger partial charge in [-0.15, -0.1) is 10.2 Å². The molecule has 0 fully saturated rings. The number of aromatic amines is 1. The van der Waals surface area contributed by atoms with Gasteiger partial charge >= 0.3 is 0 Å². The van der Waals surface area contributed by atoms with E-state index in [2.05, 4.69) is 25.8 Å². The number of nitrogens with zero attached hydrogens (tertiary/aromatic N) is 2. The number of anilines is 2. The third kappa shape index (κ3) is 5.79. The molecular weight excluding hydrogens is 414 g/mol. The van der Waals surface area contributed by atoms with Crippen molar-refractivity contribution in [2.24, 2.45) is 0 Å². The molecule has 3 rings (SSSR count). The Kier molecular flexibility index (Phi) is 7.19. The molecule has 160 valence electrons. The second-order valence-corrected chi connectivity index (χ2v) is 7.87. The quantitative estimate of drug-likeness (QED) is 0.487. The summed E-state index contributed by atoms with van der Waals surface area (Å²) in [4.78, 5) is 39.2. The highest BCUT2D eigenvalue weighted by Gasteiger charge is 2.14. The largest absolute Gasteiger partial charge is 0.325 e. The Hall–Kier alpha value is -3.46. The van der Waals surface area contributed by atoms with Gasteiger partial charge in [-0.25, -0.2) is 0 Å². The van der Waals surface area contributed by atoms with Gasteiger partial charge in [-0.3, -0.25) is 19.4 Å². The van der Waals surface area contributed by atoms with Crippen molar-refractivity contribution in [1.82, 2.24) is 15.2 Å². The summed E-state index contributed by atoms with van der Waals surface area (Å²) in [6.07, 6.45) is 0.316. The lowest BCUT2D eigenvalue weighted by Gasteiger charge is -2.10. The number of aromatic nitrogens is 3. The Morgan fingerprint density at radius 3 is 2.45 bits per heavy atom. The molecule has 0 saturated heterocycles. The smallest absolute Gasteiger partial charge is 0.278 e. The molecule has 0 aliphatic carbocycles. The molecule has 0 unspecified atom stereocenters. The van der Waals surface area contributed by atoms with E-state index in [1.54, 1.807) is 31.2 Å². The van der Waals surface area contributed by atoms with E-state index in [1.807, 2.05) is 32.0 Å². The van der Waals surface area contributed by atoms with E-state index < -0.39 is 5.56 Å². The van der Waals surface area contributed by atoms with Crippen LogP contribution in [0.2, 0.25) is 0 Å². The number of rotatable bonds is 7. The molecule has 0 aliphatic heterocycles. The molecule has 2 amide bonds. The number of benzene rings is 2. The van der Waals surface area contributed by atoms with Gasteiger partial charge in [0.05, 0.1) is 11.4 Å². The zero-order valence-corrected chi connectivity index (χ0v) is 18.3.